The van der Waals surface area contributed by atoms with Gasteiger partial charge in [-0.25, -0.2) is 9.97 Å². The topological polar surface area (TPSA) is 65.2 Å². The van der Waals surface area contributed by atoms with Crippen molar-refractivity contribution in [3.63, 3.8) is 0 Å². The van der Waals surface area contributed by atoms with Crippen LogP contribution in [-0.4, -0.2) is 30.2 Å². The van der Waals surface area contributed by atoms with Crippen LogP contribution >= 0.6 is 0 Å². The van der Waals surface area contributed by atoms with Crippen molar-refractivity contribution in [2.24, 2.45) is 0 Å². The molecule has 3 aromatic rings. The zero-order valence-corrected chi connectivity index (χ0v) is 11.7. The summed E-state index contributed by atoms with van der Waals surface area (Å²) in [5, 5.41) is 9.24. The lowest BCUT2D eigenvalue weighted by Crippen LogP contribution is -2.32. The monoisotopic (exact) mass is 269 g/mol. The summed E-state index contributed by atoms with van der Waals surface area (Å²) in [6.07, 6.45) is 2.54. The molecular formula is C14H15N5O. The maximum Gasteiger partial charge on any atom is 0.173 e. The van der Waals surface area contributed by atoms with Crippen molar-refractivity contribution in [1.82, 2.24) is 24.6 Å². The SMILES string of the molecule is Cc1nnc2c3cc4c(nc3ncn12)CC(C)(C)OC4. The Bertz CT molecular complexity index is 836. The number of nitrogens with zero attached hydrogens (tertiary/aromatic N) is 5. The number of ether oxygens (including phenoxy) is 1. The Morgan fingerprint density at radius 2 is 2.15 bits per heavy atom. The number of fused-ring (bicyclic) bond motifs is 4. The van der Waals surface area contributed by atoms with Crippen LogP contribution < -0.4 is 0 Å². The Hall–Kier alpha value is -2.08. The van der Waals surface area contributed by atoms with E-state index in [0.29, 0.717) is 6.61 Å². The summed E-state index contributed by atoms with van der Waals surface area (Å²) in [7, 11) is 0. The molecule has 0 unspecified atom stereocenters. The molecule has 0 aromatic carbocycles. The van der Waals surface area contributed by atoms with E-state index in [2.05, 4.69) is 35.1 Å². The number of hydrogen-bond donors (Lipinski definition) is 0. The van der Waals surface area contributed by atoms with Gasteiger partial charge in [-0.05, 0) is 26.8 Å². The predicted octanol–water partition coefficient (Wildman–Crippen LogP) is 1.83. The summed E-state index contributed by atoms with van der Waals surface area (Å²) in [6.45, 7) is 6.66. The van der Waals surface area contributed by atoms with Gasteiger partial charge in [0.15, 0.2) is 11.3 Å². The van der Waals surface area contributed by atoms with E-state index in [1.807, 2.05) is 11.3 Å². The fourth-order valence-electron chi connectivity index (χ4n) is 2.65. The molecule has 102 valence electrons. The normalized spacial score (nSPS) is 17.6. The maximum atomic E-state index is 5.85. The lowest BCUT2D eigenvalue weighted by molar-refractivity contribution is -0.0411. The molecule has 3 aromatic heterocycles. The summed E-state index contributed by atoms with van der Waals surface area (Å²) in [6, 6.07) is 2.09. The van der Waals surface area contributed by atoms with Gasteiger partial charge in [-0.1, -0.05) is 0 Å². The molecule has 0 bridgehead atoms. The van der Waals surface area contributed by atoms with Crippen molar-refractivity contribution >= 4 is 16.7 Å². The molecule has 1 aliphatic rings. The first kappa shape index (κ1) is 11.7. The first-order valence-electron chi connectivity index (χ1n) is 6.66. The standard InChI is InChI=1S/C14H15N5O/c1-8-17-18-13-10-4-9-6-20-14(2,3)5-11(9)16-12(10)15-7-19(8)13/h4,7H,5-6H2,1-3H3. The molecule has 0 atom stereocenters. The Kier molecular flexibility index (Phi) is 2.18. The molecule has 6 nitrogen and oxygen atoms in total. The highest BCUT2D eigenvalue weighted by atomic mass is 16.5. The van der Waals surface area contributed by atoms with E-state index in [1.165, 1.54) is 0 Å². The molecule has 1 aliphatic heterocycles. The molecule has 20 heavy (non-hydrogen) atoms. The van der Waals surface area contributed by atoms with E-state index < -0.39 is 0 Å². The van der Waals surface area contributed by atoms with Gasteiger partial charge in [0.05, 0.1) is 23.3 Å². The van der Waals surface area contributed by atoms with E-state index in [9.17, 15) is 0 Å². The Balaban J connectivity index is 2.01. The van der Waals surface area contributed by atoms with E-state index in [4.69, 9.17) is 9.72 Å². The van der Waals surface area contributed by atoms with Crippen molar-refractivity contribution in [2.45, 2.75) is 39.4 Å². The molecule has 0 fully saturated rings. The fraction of sp³-hybridized carbons (Fsp3) is 0.429. The molecule has 0 aliphatic carbocycles. The van der Waals surface area contributed by atoms with Gasteiger partial charge in [-0.15, -0.1) is 10.2 Å². The third-order valence-corrected chi connectivity index (χ3v) is 3.79. The van der Waals surface area contributed by atoms with Crippen LogP contribution in [0, 0.1) is 6.92 Å². The number of rotatable bonds is 0. The van der Waals surface area contributed by atoms with Crippen molar-refractivity contribution in [3.05, 3.63) is 29.5 Å². The molecule has 0 amide bonds. The second-order valence-electron chi connectivity index (χ2n) is 5.88. The predicted molar refractivity (Wildman–Crippen MR) is 73.4 cm³/mol. The van der Waals surface area contributed by atoms with Crippen molar-refractivity contribution in [2.75, 3.05) is 0 Å². The van der Waals surface area contributed by atoms with Gasteiger partial charge in [0, 0.05) is 12.0 Å². The number of pyridine rings is 1. The van der Waals surface area contributed by atoms with Gasteiger partial charge >= 0.3 is 0 Å². The molecule has 4 heterocycles. The second-order valence-corrected chi connectivity index (χ2v) is 5.88. The molecule has 0 N–H and O–H groups in total. The van der Waals surface area contributed by atoms with E-state index in [1.54, 1.807) is 6.33 Å². The molecule has 0 saturated heterocycles. The van der Waals surface area contributed by atoms with E-state index in [0.717, 1.165) is 40.2 Å². The summed E-state index contributed by atoms with van der Waals surface area (Å²) in [5.74, 6) is 0.824. The molecule has 0 spiro atoms. The quantitative estimate of drug-likeness (QED) is 0.623. The van der Waals surface area contributed by atoms with E-state index in [-0.39, 0.29) is 5.60 Å². The van der Waals surface area contributed by atoms with Crippen molar-refractivity contribution in [1.29, 1.82) is 0 Å². The zero-order valence-electron chi connectivity index (χ0n) is 11.7. The Labute approximate surface area is 115 Å². The zero-order chi connectivity index (χ0) is 13.9. The lowest BCUT2D eigenvalue weighted by atomic mass is 9.95. The van der Waals surface area contributed by atoms with Crippen LogP contribution in [0.25, 0.3) is 16.7 Å². The fourth-order valence-corrected chi connectivity index (χ4v) is 2.65. The van der Waals surface area contributed by atoms with Gasteiger partial charge in [0.2, 0.25) is 0 Å². The van der Waals surface area contributed by atoms with Gasteiger partial charge in [-0.3, -0.25) is 4.40 Å². The average molecular weight is 269 g/mol. The minimum absolute atomic E-state index is 0.163. The van der Waals surface area contributed by atoms with Crippen LogP contribution in [0.3, 0.4) is 0 Å². The summed E-state index contributed by atoms with van der Waals surface area (Å²) in [4.78, 5) is 9.13. The Morgan fingerprint density at radius 1 is 1.30 bits per heavy atom. The maximum absolute atomic E-state index is 5.85. The van der Waals surface area contributed by atoms with Gasteiger partial charge in [0.1, 0.15) is 12.2 Å². The second kappa shape index (κ2) is 3.73. The van der Waals surface area contributed by atoms with Crippen molar-refractivity contribution in [3.8, 4) is 0 Å². The van der Waals surface area contributed by atoms with Gasteiger partial charge in [-0.2, -0.15) is 0 Å². The number of hydrogen-bond acceptors (Lipinski definition) is 5. The first-order chi connectivity index (χ1) is 9.53. The van der Waals surface area contributed by atoms with Gasteiger partial charge in [0.25, 0.3) is 0 Å². The third kappa shape index (κ3) is 1.61. The van der Waals surface area contributed by atoms with Gasteiger partial charge < -0.3 is 4.74 Å². The minimum atomic E-state index is -0.163. The molecule has 6 heteroatoms. The lowest BCUT2D eigenvalue weighted by Gasteiger charge is -2.31. The van der Waals surface area contributed by atoms with Crippen LogP contribution in [0.15, 0.2) is 12.4 Å². The Morgan fingerprint density at radius 3 is 3.00 bits per heavy atom. The highest BCUT2D eigenvalue weighted by Crippen LogP contribution is 2.29. The summed E-state index contributed by atoms with van der Waals surface area (Å²) < 4.78 is 7.73. The van der Waals surface area contributed by atoms with E-state index >= 15 is 0 Å². The summed E-state index contributed by atoms with van der Waals surface area (Å²) >= 11 is 0. The smallest absolute Gasteiger partial charge is 0.173 e. The third-order valence-electron chi connectivity index (χ3n) is 3.79. The largest absolute Gasteiger partial charge is 0.370 e. The average Bonchev–Trinajstić information content (AvgIpc) is 2.78. The van der Waals surface area contributed by atoms with Crippen LogP contribution in [-0.2, 0) is 17.8 Å². The highest BCUT2D eigenvalue weighted by molar-refractivity contribution is 5.89. The summed E-state index contributed by atoms with van der Waals surface area (Å²) in [5.41, 5.74) is 3.55. The highest BCUT2D eigenvalue weighted by Gasteiger charge is 2.27. The van der Waals surface area contributed by atoms with Crippen LogP contribution in [0.1, 0.15) is 30.9 Å². The number of aromatic nitrogens is 5. The minimum Gasteiger partial charge on any atom is -0.370 e. The molecule has 4 rings (SSSR count). The molecular weight excluding hydrogens is 254 g/mol. The molecule has 0 radical (unpaired) electrons. The number of aryl methyl sites for hydroxylation is 1. The van der Waals surface area contributed by atoms with Crippen LogP contribution in [0.5, 0.6) is 0 Å². The molecule has 0 saturated carbocycles. The van der Waals surface area contributed by atoms with Crippen LogP contribution in [0.2, 0.25) is 0 Å². The first-order valence-corrected chi connectivity index (χ1v) is 6.66. The van der Waals surface area contributed by atoms with Crippen molar-refractivity contribution < 1.29 is 4.74 Å². The van der Waals surface area contributed by atoms with Crippen LogP contribution in [0.4, 0.5) is 0 Å².